The maximum Gasteiger partial charge on any atom is 0.0737 e. The highest BCUT2D eigenvalue weighted by Crippen LogP contribution is 2.34. The molecule has 2 nitrogen and oxygen atoms in total. The number of hydrogen-bond acceptors (Lipinski definition) is 2. The fourth-order valence-electron chi connectivity index (χ4n) is 3.32. The van der Waals surface area contributed by atoms with Gasteiger partial charge in [-0.25, -0.2) is 0 Å². The fraction of sp³-hybridized carbons (Fsp3) is 0.471. The van der Waals surface area contributed by atoms with Crippen LogP contribution in [0.1, 0.15) is 38.2 Å². The van der Waals surface area contributed by atoms with Crippen molar-refractivity contribution in [3.8, 4) is 0 Å². The second kappa shape index (κ2) is 5.30. The van der Waals surface area contributed by atoms with E-state index in [1.54, 1.807) is 0 Å². The SMILES string of the molecule is CC(C)CC1NCCC1c1cccc2cccnc12. The first-order valence-electron chi connectivity index (χ1n) is 7.32. The minimum Gasteiger partial charge on any atom is -0.313 e. The second-order valence-electron chi connectivity index (χ2n) is 6.01. The van der Waals surface area contributed by atoms with Crippen LogP contribution in [0.5, 0.6) is 0 Å². The summed E-state index contributed by atoms with van der Waals surface area (Å²) < 4.78 is 0. The summed E-state index contributed by atoms with van der Waals surface area (Å²) >= 11 is 0. The van der Waals surface area contributed by atoms with Crippen molar-refractivity contribution >= 4 is 10.9 Å². The molecule has 1 fully saturated rings. The Morgan fingerprint density at radius 3 is 2.95 bits per heavy atom. The molecule has 1 aromatic heterocycles. The van der Waals surface area contributed by atoms with E-state index in [4.69, 9.17) is 0 Å². The number of nitrogens with zero attached hydrogens (tertiary/aromatic N) is 1. The van der Waals surface area contributed by atoms with Crippen molar-refractivity contribution < 1.29 is 0 Å². The highest BCUT2D eigenvalue weighted by atomic mass is 15.0. The molecule has 19 heavy (non-hydrogen) atoms. The number of rotatable bonds is 3. The molecule has 1 saturated heterocycles. The summed E-state index contributed by atoms with van der Waals surface area (Å²) in [4.78, 5) is 4.61. The van der Waals surface area contributed by atoms with E-state index in [9.17, 15) is 0 Å². The Morgan fingerprint density at radius 2 is 2.11 bits per heavy atom. The van der Waals surface area contributed by atoms with Crippen LogP contribution in [0.2, 0.25) is 0 Å². The molecule has 2 unspecified atom stereocenters. The molecule has 1 aliphatic rings. The van der Waals surface area contributed by atoms with E-state index in [1.165, 1.54) is 29.3 Å². The minimum atomic E-state index is 0.604. The lowest BCUT2D eigenvalue weighted by atomic mass is 9.86. The van der Waals surface area contributed by atoms with Gasteiger partial charge >= 0.3 is 0 Å². The van der Waals surface area contributed by atoms with Crippen molar-refractivity contribution in [2.45, 2.75) is 38.6 Å². The summed E-state index contributed by atoms with van der Waals surface area (Å²) in [6.45, 7) is 5.74. The van der Waals surface area contributed by atoms with Crippen LogP contribution in [-0.2, 0) is 0 Å². The lowest BCUT2D eigenvalue weighted by Crippen LogP contribution is -2.27. The first kappa shape index (κ1) is 12.6. The average Bonchev–Trinajstić information content (AvgIpc) is 2.85. The van der Waals surface area contributed by atoms with Gasteiger partial charge in [0.2, 0.25) is 0 Å². The highest BCUT2D eigenvalue weighted by Gasteiger charge is 2.29. The number of hydrogen-bond donors (Lipinski definition) is 1. The standard InChI is InChI=1S/C17H22N2/c1-12(2)11-16-14(8-10-18-16)15-7-3-5-13-6-4-9-19-17(13)15/h3-7,9,12,14,16,18H,8,10-11H2,1-2H3. The van der Waals surface area contributed by atoms with E-state index < -0.39 is 0 Å². The van der Waals surface area contributed by atoms with Crippen LogP contribution >= 0.6 is 0 Å². The monoisotopic (exact) mass is 254 g/mol. The van der Waals surface area contributed by atoms with Crippen molar-refractivity contribution in [2.75, 3.05) is 6.54 Å². The van der Waals surface area contributed by atoms with E-state index in [0.29, 0.717) is 12.0 Å². The highest BCUT2D eigenvalue weighted by molar-refractivity contribution is 5.82. The van der Waals surface area contributed by atoms with Crippen LogP contribution in [0, 0.1) is 5.92 Å². The molecule has 0 spiro atoms. The maximum absolute atomic E-state index is 4.61. The summed E-state index contributed by atoms with van der Waals surface area (Å²) in [6.07, 6.45) is 4.38. The van der Waals surface area contributed by atoms with E-state index in [1.807, 2.05) is 12.3 Å². The average molecular weight is 254 g/mol. The molecule has 0 bridgehead atoms. The van der Waals surface area contributed by atoms with Crippen LogP contribution < -0.4 is 5.32 Å². The van der Waals surface area contributed by atoms with E-state index >= 15 is 0 Å². The van der Waals surface area contributed by atoms with E-state index in [-0.39, 0.29) is 0 Å². The molecule has 2 heterocycles. The topological polar surface area (TPSA) is 24.9 Å². The number of pyridine rings is 1. The zero-order chi connectivity index (χ0) is 13.2. The Labute approximate surface area is 115 Å². The molecule has 3 rings (SSSR count). The van der Waals surface area contributed by atoms with Gasteiger partial charge < -0.3 is 5.32 Å². The largest absolute Gasteiger partial charge is 0.313 e. The molecule has 2 heteroatoms. The minimum absolute atomic E-state index is 0.604. The van der Waals surface area contributed by atoms with Gasteiger partial charge in [0.05, 0.1) is 5.52 Å². The lowest BCUT2D eigenvalue weighted by molar-refractivity contribution is 0.435. The Kier molecular flexibility index (Phi) is 3.52. The maximum atomic E-state index is 4.61. The van der Waals surface area contributed by atoms with Crippen LogP contribution in [0.15, 0.2) is 36.5 Å². The third kappa shape index (κ3) is 2.50. The van der Waals surface area contributed by atoms with Gasteiger partial charge in [-0.3, -0.25) is 4.98 Å². The number of nitrogens with one attached hydrogen (secondary N) is 1. The molecule has 1 aromatic carbocycles. The van der Waals surface area contributed by atoms with E-state index in [2.05, 4.69) is 48.4 Å². The molecule has 1 aliphatic heterocycles. The van der Waals surface area contributed by atoms with Gasteiger partial charge in [-0.05, 0) is 36.9 Å². The fourth-order valence-corrected chi connectivity index (χ4v) is 3.32. The lowest BCUT2D eigenvalue weighted by Gasteiger charge is -2.22. The summed E-state index contributed by atoms with van der Waals surface area (Å²) in [5, 5.41) is 4.93. The predicted octanol–water partition coefficient (Wildman–Crippen LogP) is 3.73. The third-order valence-corrected chi connectivity index (χ3v) is 4.14. The van der Waals surface area contributed by atoms with Gasteiger partial charge in [0.25, 0.3) is 0 Å². The van der Waals surface area contributed by atoms with Gasteiger partial charge in [0.15, 0.2) is 0 Å². The molecular formula is C17H22N2. The number of aromatic nitrogens is 1. The third-order valence-electron chi connectivity index (χ3n) is 4.14. The van der Waals surface area contributed by atoms with Crippen molar-refractivity contribution in [1.29, 1.82) is 0 Å². The molecule has 0 radical (unpaired) electrons. The predicted molar refractivity (Wildman–Crippen MR) is 80.3 cm³/mol. The molecule has 0 aliphatic carbocycles. The van der Waals surface area contributed by atoms with Gasteiger partial charge in [0, 0.05) is 23.5 Å². The number of fused-ring (bicyclic) bond motifs is 1. The van der Waals surface area contributed by atoms with Gasteiger partial charge in [-0.1, -0.05) is 38.1 Å². The summed E-state index contributed by atoms with van der Waals surface area (Å²) in [7, 11) is 0. The summed E-state index contributed by atoms with van der Waals surface area (Å²) in [6, 6.07) is 11.4. The molecular weight excluding hydrogens is 232 g/mol. The Bertz CT molecular complexity index is 557. The van der Waals surface area contributed by atoms with Crippen LogP contribution in [0.25, 0.3) is 10.9 Å². The molecule has 100 valence electrons. The molecule has 0 amide bonds. The Hall–Kier alpha value is -1.41. The zero-order valence-electron chi connectivity index (χ0n) is 11.8. The molecule has 2 aromatic rings. The van der Waals surface area contributed by atoms with Crippen LogP contribution in [0.4, 0.5) is 0 Å². The van der Waals surface area contributed by atoms with Crippen LogP contribution in [0.3, 0.4) is 0 Å². The van der Waals surface area contributed by atoms with Crippen molar-refractivity contribution in [3.05, 3.63) is 42.1 Å². The number of para-hydroxylation sites is 1. The summed E-state index contributed by atoms with van der Waals surface area (Å²) in [5.74, 6) is 1.35. The number of benzene rings is 1. The van der Waals surface area contributed by atoms with Gasteiger partial charge in [-0.2, -0.15) is 0 Å². The molecule has 1 N–H and O–H groups in total. The van der Waals surface area contributed by atoms with Crippen molar-refractivity contribution in [1.82, 2.24) is 10.3 Å². The van der Waals surface area contributed by atoms with Crippen LogP contribution in [-0.4, -0.2) is 17.6 Å². The van der Waals surface area contributed by atoms with Crippen molar-refractivity contribution in [2.24, 2.45) is 5.92 Å². The first-order valence-corrected chi connectivity index (χ1v) is 7.32. The van der Waals surface area contributed by atoms with E-state index in [0.717, 1.165) is 12.5 Å². The Balaban J connectivity index is 1.99. The Morgan fingerprint density at radius 1 is 1.26 bits per heavy atom. The normalized spacial score (nSPS) is 23.3. The molecule has 0 saturated carbocycles. The van der Waals surface area contributed by atoms with Gasteiger partial charge in [0.1, 0.15) is 0 Å². The smallest absolute Gasteiger partial charge is 0.0737 e. The summed E-state index contributed by atoms with van der Waals surface area (Å²) in [5.41, 5.74) is 2.61. The quantitative estimate of drug-likeness (QED) is 0.903. The first-order chi connectivity index (χ1) is 9.25. The van der Waals surface area contributed by atoms with Crippen molar-refractivity contribution in [3.63, 3.8) is 0 Å². The molecule has 2 atom stereocenters. The second-order valence-corrected chi connectivity index (χ2v) is 6.01. The zero-order valence-corrected chi connectivity index (χ0v) is 11.8. The van der Waals surface area contributed by atoms with Gasteiger partial charge in [-0.15, -0.1) is 0 Å².